The molecule has 0 amide bonds. The number of fused-ring (bicyclic) bond motifs is 1. The van der Waals surface area contributed by atoms with Gasteiger partial charge in [-0.1, -0.05) is 19.9 Å². The predicted molar refractivity (Wildman–Crippen MR) is 101 cm³/mol. The molecule has 0 saturated carbocycles. The molecule has 0 N–H and O–H groups in total. The highest BCUT2D eigenvalue weighted by Gasteiger charge is 2.20. The molecular weight excluding hydrogens is 312 g/mol. The van der Waals surface area contributed by atoms with Crippen molar-refractivity contribution in [3.05, 3.63) is 59.0 Å². The van der Waals surface area contributed by atoms with Gasteiger partial charge in [-0.25, -0.2) is 0 Å². The van der Waals surface area contributed by atoms with Gasteiger partial charge in [0.25, 0.3) is 0 Å². The molecule has 2 aromatic heterocycles. The topological polar surface area (TPSA) is 44.1 Å². The summed E-state index contributed by atoms with van der Waals surface area (Å²) < 4.78 is 7.69. The second kappa shape index (κ2) is 6.71. The van der Waals surface area contributed by atoms with Crippen molar-refractivity contribution in [2.75, 3.05) is 7.11 Å². The van der Waals surface area contributed by atoms with Crippen LogP contribution in [0.3, 0.4) is 0 Å². The minimum absolute atomic E-state index is 0.0418. The van der Waals surface area contributed by atoms with E-state index in [0.717, 1.165) is 22.3 Å². The van der Waals surface area contributed by atoms with Crippen LogP contribution >= 0.6 is 0 Å². The molecule has 0 aliphatic rings. The van der Waals surface area contributed by atoms with Gasteiger partial charge in [0.15, 0.2) is 5.78 Å². The van der Waals surface area contributed by atoms with Crippen LogP contribution in [0.15, 0.2) is 36.7 Å². The lowest BCUT2D eigenvalue weighted by Crippen LogP contribution is -2.03. The Hall–Kier alpha value is -2.62. The monoisotopic (exact) mass is 336 g/mol. The Balaban J connectivity index is 2.29. The van der Waals surface area contributed by atoms with E-state index in [1.807, 2.05) is 24.5 Å². The van der Waals surface area contributed by atoms with Crippen LogP contribution in [0.25, 0.3) is 10.9 Å². The summed E-state index contributed by atoms with van der Waals surface area (Å²) >= 11 is 0. The van der Waals surface area contributed by atoms with Crippen molar-refractivity contribution in [1.29, 1.82) is 0 Å². The lowest BCUT2D eigenvalue weighted by atomic mass is 9.98. The van der Waals surface area contributed by atoms with E-state index in [9.17, 15) is 4.79 Å². The molecule has 0 spiro atoms. The molecule has 0 fully saturated rings. The summed E-state index contributed by atoms with van der Waals surface area (Å²) in [5.41, 5.74) is 5.11. The van der Waals surface area contributed by atoms with E-state index in [1.54, 1.807) is 14.0 Å². The van der Waals surface area contributed by atoms with Gasteiger partial charge in [0.05, 0.1) is 30.3 Å². The van der Waals surface area contributed by atoms with Gasteiger partial charge >= 0.3 is 0 Å². The van der Waals surface area contributed by atoms with Crippen molar-refractivity contribution >= 4 is 16.7 Å². The van der Waals surface area contributed by atoms with Crippen LogP contribution in [0.1, 0.15) is 53.9 Å². The predicted octanol–water partition coefficient (Wildman–Crippen LogP) is 4.73. The number of hydrogen-bond donors (Lipinski definition) is 0. The van der Waals surface area contributed by atoms with E-state index in [2.05, 4.69) is 42.5 Å². The van der Waals surface area contributed by atoms with Gasteiger partial charge in [0.2, 0.25) is 0 Å². The quantitative estimate of drug-likeness (QED) is 0.633. The largest absolute Gasteiger partial charge is 0.496 e. The standard InChI is InChI=1S/C21H24N2O2/c1-13(2)17-6-7-19(25-5)20-18(15(4)24)12-23(21(17)20)11-16-10-14(3)8-9-22-16/h6-10,12-13H,11H2,1-5H3. The lowest BCUT2D eigenvalue weighted by molar-refractivity contribution is 0.101. The number of nitrogens with zero attached hydrogens (tertiary/aromatic N) is 2. The Morgan fingerprint density at radius 2 is 2.04 bits per heavy atom. The van der Waals surface area contributed by atoms with Crippen LogP contribution in [0.2, 0.25) is 0 Å². The smallest absolute Gasteiger partial charge is 0.162 e. The summed E-state index contributed by atoms with van der Waals surface area (Å²) in [5.74, 6) is 1.12. The minimum Gasteiger partial charge on any atom is -0.496 e. The zero-order valence-corrected chi connectivity index (χ0v) is 15.5. The second-order valence-electron chi connectivity index (χ2n) is 6.79. The number of methoxy groups -OCH3 is 1. The van der Waals surface area contributed by atoms with Crippen LogP contribution in [-0.4, -0.2) is 22.4 Å². The maximum atomic E-state index is 12.2. The first-order valence-corrected chi connectivity index (χ1v) is 8.54. The van der Waals surface area contributed by atoms with E-state index in [4.69, 9.17) is 4.74 Å². The fourth-order valence-electron chi connectivity index (χ4n) is 3.33. The fourth-order valence-corrected chi connectivity index (χ4v) is 3.33. The highest BCUT2D eigenvalue weighted by atomic mass is 16.5. The maximum absolute atomic E-state index is 12.2. The van der Waals surface area contributed by atoms with Crippen LogP contribution < -0.4 is 4.74 Å². The number of aromatic nitrogens is 2. The zero-order chi connectivity index (χ0) is 18.1. The number of ketones is 1. The number of benzene rings is 1. The molecule has 0 bridgehead atoms. The van der Waals surface area contributed by atoms with Crippen molar-refractivity contribution in [3.63, 3.8) is 0 Å². The summed E-state index contributed by atoms with van der Waals surface area (Å²) in [6.45, 7) is 8.61. The first-order chi connectivity index (χ1) is 11.9. The Morgan fingerprint density at radius 3 is 2.64 bits per heavy atom. The number of rotatable bonds is 5. The van der Waals surface area contributed by atoms with Gasteiger partial charge in [-0.15, -0.1) is 0 Å². The number of carbonyl (C=O) groups excluding carboxylic acids is 1. The Bertz CT molecular complexity index is 938. The summed E-state index contributed by atoms with van der Waals surface area (Å²) in [6.07, 6.45) is 3.76. The number of aryl methyl sites for hydroxylation is 1. The Morgan fingerprint density at radius 1 is 1.28 bits per heavy atom. The van der Waals surface area contributed by atoms with Crippen LogP contribution in [-0.2, 0) is 6.54 Å². The van der Waals surface area contributed by atoms with Crippen LogP contribution in [0, 0.1) is 6.92 Å². The molecule has 3 aromatic rings. The SMILES string of the molecule is COc1ccc(C(C)C)c2c1c(C(C)=O)cn2Cc1cc(C)ccn1. The molecular formula is C21H24N2O2. The minimum atomic E-state index is 0.0418. The van der Waals surface area contributed by atoms with Gasteiger partial charge < -0.3 is 9.30 Å². The fraction of sp³-hybridized carbons (Fsp3) is 0.333. The van der Waals surface area contributed by atoms with Crippen molar-refractivity contribution in [2.45, 2.75) is 40.2 Å². The molecule has 0 unspecified atom stereocenters. The third-order valence-corrected chi connectivity index (χ3v) is 4.54. The molecule has 0 atom stereocenters. The first-order valence-electron chi connectivity index (χ1n) is 8.54. The maximum Gasteiger partial charge on any atom is 0.162 e. The van der Waals surface area contributed by atoms with Crippen molar-refractivity contribution in [2.24, 2.45) is 0 Å². The zero-order valence-electron chi connectivity index (χ0n) is 15.5. The highest BCUT2D eigenvalue weighted by molar-refractivity contribution is 6.10. The van der Waals surface area contributed by atoms with E-state index >= 15 is 0 Å². The van der Waals surface area contributed by atoms with Crippen LogP contribution in [0.5, 0.6) is 5.75 Å². The van der Waals surface area contributed by atoms with Crippen molar-refractivity contribution in [3.8, 4) is 5.75 Å². The molecule has 2 heterocycles. The van der Waals surface area contributed by atoms with Crippen molar-refractivity contribution in [1.82, 2.24) is 9.55 Å². The van der Waals surface area contributed by atoms with Crippen molar-refractivity contribution < 1.29 is 9.53 Å². The third-order valence-electron chi connectivity index (χ3n) is 4.54. The first kappa shape index (κ1) is 17.2. The molecule has 25 heavy (non-hydrogen) atoms. The number of hydrogen-bond acceptors (Lipinski definition) is 3. The van der Waals surface area contributed by atoms with Gasteiger partial charge in [0, 0.05) is 18.0 Å². The van der Waals surface area contributed by atoms with E-state index in [0.29, 0.717) is 18.0 Å². The lowest BCUT2D eigenvalue weighted by Gasteiger charge is -2.14. The Kier molecular flexibility index (Phi) is 4.62. The summed E-state index contributed by atoms with van der Waals surface area (Å²) in [7, 11) is 1.65. The van der Waals surface area contributed by atoms with E-state index < -0.39 is 0 Å². The number of Topliss-reactive ketones (excluding diaryl/α,β-unsaturated/α-hetero) is 1. The third kappa shape index (κ3) is 3.16. The van der Waals surface area contributed by atoms with Gasteiger partial charge in [-0.2, -0.15) is 0 Å². The molecule has 1 aromatic carbocycles. The number of ether oxygens (including phenoxy) is 1. The molecule has 130 valence electrons. The molecule has 0 aliphatic heterocycles. The molecule has 4 heteroatoms. The molecule has 0 saturated heterocycles. The highest BCUT2D eigenvalue weighted by Crippen LogP contribution is 2.36. The molecule has 3 rings (SSSR count). The molecule has 0 radical (unpaired) electrons. The van der Waals surface area contributed by atoms with E-state index in [-0.39, 0.29) is 5.78 Å². The Labute approximate surface area is 148 Å². The van der Waals surface area contributed by atoms with Crippen LogP contribution in [0.4, 0.5) is 0 Å². The van der Waals surface area contributed by atoms with Gasteiger partial charge in [-0.3, -0.25) is 9.78 Å². The summed E-state index contributed by atoms with van der Waals surface area (Å²) in [4.78, 5) is 16.7. The summed E-state index contributed by atoms with van der Waals surface area (Å²) in [6, 6.07) is 8.12. The summed E-state index contributed by atoms with van der Waals surface area (Å²) in [5, 5.41) is 0.897. The normalized spacial score (nSPS) is 11.3. The average Bonchev–Trinajstić information content (AvgIpc) is 2.94. The number of pyridine rings is 1. The number of carbonyl (C=O) groups is 1. The second-order valence-corrected chi connectivity index (χ2v) is 6.79. The molecule has 0 aliphatic carbocycles. The average molecular weight is 336 g/mol. The van der Waals surface area contributed by atoms with Gasteiger partial charge in [0.1, 0.15) is 5.75 Å². The van der Waals surface area contributed by atoms with Gasteiger partial charge in [-0.05, 0) is 49.1 Å². The van der Waals surface area contributed by atoms with E-state index in [1.165, 1.54) is 11.1 Å². The molecule has 4 nitrogen and oxygen atoms in total.